The topological polar surface area (TPSA) is 105 Å². The lowest BCUT2D eigenvalue weighted by Gasteiger charge is -2.25. The number of fused-ring (bicyclic) bond motifs is 2. The molecule has 0 bridgehead atoms. The number of hydrogen-bond acceptors (Lipinski definition) is 6. The standard InChI is InChI=1S/C32H52N6.ClH/c33-17-5-8-20-36-21-9-10-22-37-25-31-27-13-1-3-15-29(27)32(30-16-4-2-14-28(30)31)26-38(23-11-6-18-34)24-12-7-19-35;/h1-4,13-16,36-37H,5-12,17-26,33-35H2;1H. The normalized spacial score (nSPS) is 11.5. The highest BCUT2D eigenvalue weighted by Crippen LogP contribution is 2.34. The summed E-state index contributed by atoms with van der Waals surface area (Å²) in [7, 11) is 0. The van der Waals surface area contributed by atoms with Gasteiger partial charge in [0.25, 0.3) is 0 Å². The summed E-state index contributed by atoms with van der Waals surface area (Å²) in [6, 6.07) is 18.0. The number of rotatable bonds is 21. The molecular formula is C32H53ClN6. The van der Waals surface area contributed by atoms with Gasteiger partial charge in [-0.05, 0) is 136 Å². The summed E-state index contributed by atoms with van der Waals surface area (Å²) in [5.74, 6) is 0. The zero-order valence-electron chi connectivity index (χ0n) is 23.9. The van der Waals surface area contributed by atoms with Gasteiger partial charge in [-0.2, -0.15) is 0 Å². The Morgan fingerprint density at radius 2 is 0.923 bits per heavy atom. The van der Waals surface area contributed by atoms with Crippen LogP contribution in [0, 0.1) is 0 Å². The maximum absolute atomic E-state index is 5.80. The molecule has 0 radical (unpaired) electrons. The van der Waals surface area contributed by atoms with Crippen LogP contribution in [0.4, 0.5) is 0 Å². The van der Waals surface area contributed by atoms with E-state index in [4.69, 9.17) is 17.2 Å². The molecule has 0 amide bonds. The molecule has 218 valence electrons. The van der Waals surface area contributed by atoms with Crippen LogP contribution in [0.2, 0.25) is 0 Å². The van der Waals surface area contributed by atoms with Crippen molar-refractivity contribution in [2.24, 2.45) is 17.2 Å². The molecule has 7 heteroatoms. The zero-order valence-corrected chi connectivity index (χ0v) is 24.8. The molecule has 0 aliphatic carbocycles. The van der Waals surface area contributed by atoms with E-state index in [1.807, 2.05) is 0 Å². The minimum absolute atomic E-state index is 0. The molecule has 0 aliphatic rings. The Bertz CT molecular complexity index is 992. The third-order valence-corrected chi connectivity index (χ3v) is 7.46. The summed E-state index contributed by atoms with van der Waals surface area (Å²) in [6.07, 6.45) is 9.08. The molecule has 0 heterocycles. The number of nitrogens with zero attached hydrogens (tertiary/aromatic N) is 1. The average molecular weight is 557 g/mol. The van der Waals surface area contributed by atoms with Crippen molar-refractivity contribution in [3.05, 3.63) is 59.7 Å². The molecule has 0 atom stereocenters. The van der Waals surface area contributed by atoms with Gasteiger partial charge in [-0.15, -0.1) is 12.4 Å². The van der Waals surface area contributed by atoms with E-state index in [2.05, 4.69) is 64.1 Å². The fourth-order valence-electron chi connectivity index (χ4n) is 5.36. The molecule has 3 rings (SSSR count). The Labute approximate surface area is 242 Å². The Kier molecular flexibility index (Phi) is 17.3. The highest BCUT2D eigenvalue weighted by atomic mass is 35.5. The molecule has 0 spiro atoms. The van der Waals surface area contributed by atoms with E-state index in [0.29, 0.717) is 0 Å². The second-order valence-corrected chi connectivity index (χ2v) is 10.4. The van der Waals surface area contributed by atoms with Gasteiger partial charge in [-0.1, -0.05) is 48.5 Å². The van der Waals surface area contributed by atoms with Gasteiger partial charge in [0, 0.05) is 13.1 Å². The average Bonchev–Trinajstić information content (AvgIpc) is 2.95. The van der Waals surface area contributed by atoms with E-state index in [0.717, 1.165) is 97.6 Å². The van der Waals surface area contributed by atoms with Gasteiger partial charge in [0.15, 0.2) is 0 Å². The van der Waals surface area contributed by atoms with Crippen LogP contribution in [0.5, 0.6) is 0 Å². The smallest absolute Gasteiger partial charge is 0.0246 e. The largest absolute Gasteiger partial charge is 0.330 e. The van der Waals surface area contributed by atoms with Gasteiger partial charge >= 0.3 is 0 Å². The molecule has 0 aliphatic heterocycles. The van der Waals surface area contributed by atoms with Crippen molar-refractivity contribution in [3.63, 3.8) is 0 Å². The number of hydrogen-bond donors (Lipinski definition) is 5. The first kappa shape index (κ1) is 33.4. The van der Waals surface area contributed by atoms with E-state index >= 15 is 0 Å². The maximum atomic E-state index is 5.80. The van der Waals surface area contributed by atoms with Crippen molar-refractivity contribution in [2.45, 2.75) is 64.5 Å². The molecule has 0 saturated carbocycles. The van der Waals surface area contributed by atoms with Crippen molar-refractivity contribution in [1.29, 1.82) is 0 Å². The van der Waals surface area contributed by atoms with Crippen molar-refractivity contribution < 1.29 is 0 Å². The van der Waals surface area contributed by atoms with Gasteiger partial charge in [-0.3, -0.25) is 4.90 Å². The maximum Gasteiger partial charge on any atom is 0.0246 e. The predicted octanol–water partition coefficient (Wildman–Crippen LogP) is 4.89. The van der Waals surface area contributed by atoms with Gasteiger partial charge < -0.3 is 27.8 Å². The van der Waals surface area contributed by atoms with E-state index in [1.165, 1.54) is 51.9 Å². The Hall–Kier alpha value is -1.77. The van der Waals surface area contributed by atoms with Crippen LogP contribution in [0.1, 0.15) is 62.5 Å². The number of nitrogens with two attached hydrogens (primary N) is 3. The van der Waals surface area contributed by atoms with Crippen LogP contribution < -0.4 is 27.8 Å². The van der Waals surface area contributed by atoms with Crippen LogP contribution in [0.25, 0.3) is 21.5 Å². The Morgan fingerprint density at radius 3 is 1.41 bits per heavy atom. The summed E-state index contributed by atoms with van der Waals surface area (Å²) < 4.78 is 0. The second-order valence-electron chi connectivity index (χ2n) is 10.4. The minimum Gasteiger partial charge on any atom is -0.330 e. The minimum atomic E-state index is 0. The summed E-state index contributed by atoms with van der Waals surface area (Å²) in [5.41, 5.74) is 20.0. The fourth-order valence-corrected chi connectivity index (χ4v) is 5.36. The summed E-state index contributed by atoms with van der Waals surface area (Å²) in [6.45, 7) is 9.51. The number of halogens is 1. The second kappa shape index (κ2) is 20.2. The predicted molar refractivity (Wildman–Crippen MR) is 173 cm³/mol. The molecule has 39 heavy (non-hydrogen) atoms. The van der Waals surface area contributed by atoms with Crippen LogP contribution in [0.15, 0.2) is 48.5 Å². The quantitative estimate of drug-likeness (QED) is 0.0944. The van der Waals surface area contributed by atoms with Crippen molar-refractivity contribution in [2.75, 3.05) is 52.4 Å². The van der Waals surface area contributed by atoms with Crippen LogP contribution in [0.3, 0.4) is 0 Å². The molecule has 0 aromatic heterocycles. The molecule has 3 aromatic carbocycles. The first-order valence-electron chi connectivity index (χ1n) is 14.9. The Morgan fingerprint density at radius 1 is 0.513 bits per heavy atom. The third-order valence-electron chi connectivity index (χ3n) is 7.46. The van der Waals surface area contributed by atoms with Crippen molar-refractivity contribution >= 4 is 34.0 Å². The monoisotopic (exact) mass is 556 g/mol. The van der Waals surface area contributed by atoms with Gasteiger partial charge in [0.1, 0.15) is 0 Å². The first-order chi connectivity index (χ1) is 18.8. The lowest BCUT2D eigenvalue weighted by Crippen LogP contribution is -2.27. The van der Waals surface area contributed by atoms with Gasteiger partial charge in [-0.25, -0.2) is 0 Å². The number of unbranched alkanes of at least 4 members (excludes halogenated alkanes) is 4. The Balaban J connectivity index is 0.00000533. The number of benzene rings is 3. The van der Waals surface area contributed by atoms with E-state index in [9.17, 15) is 0 Å². The van der Waals surface area contributed by atoms with Crippen molar-refractivity contribution in [1.82, 2.24) is 15.5 Å². The van der Waals surface area contributed by atoms with Crippen LogP contribution in [-0.4, -0.2) is 57.3 Å². The molecule has 6 nitrogen and oxygen atoms in total. The van der Waals surface area contributed by atoms with Crippen LogP contribution >= 0.6 is 12.4 Å². The highest BCUT2D eigenvalue weighted by molar-refractivity contribution is 6.05. The lowest BCUT2D eigenvalue weighted by molar-refractivity contribution is 0.257. The van der Waals surface area contributed by atoms with Gasteiger partial charge in [0.2, 0.25) is 0 Å². The van der Waals surface area contributed by atoms with Crippen molar-refractivity contribution in [3.8, 4) is 0 Å². The highest BCUT2D eigenvalue weighted by Gasteiger charge is 2.16. The molecule has 0 fully saturated rings. The SMILES string of the molecule is Cl.NCCCCNCCCCNCc1c2ccccc2c(CN(CCCCN)CCCCN)c2ccccc12. The van der Waals surface area contributed by atoms with E-state index in [1.54, 1.807) is 0 Å². The summed E-state index contributed by atoms with van der Waals surface area (Å²) in [4.78, 5) is 2.61. The summed E-state index contributed by atoms with van der Waals surface area (Å²) in [5, 5.41) is 12.8. The van der Waals surface area contributed by atoms with E-state index in [-0.39, 0.29) is 12.4 Å². The number of nitrogens with one attached hydrogen (secondary N) is 2. The zero-order chi connectivity index (χ0) is 26.8. The molecule has 3 aromatic rings. The van der Waals surface area contributed by atoms with E-state index < -0.39 is 0 Å². The van der Waals surface area contributed by atoms with Crippen LogP contribution in [-0.2, 0) is 13.1 Å². The molecule has 0 saturated heterocycles. The first-order valence-corrected chi connectivity index (χ1v) is 14.9. The lowest BCUT2D eigenvalue weighted by atomic mass is 9.91. The molecular weight excluding hydrogens is 504 g/mol. The molecule has 8 N–H and O–H groups in total. The molecule has 0 unspecified atom stereocenters. The fraction of sp³-hybridized carbons (Fsp3) is 0.562. The third kappa shape index (κ3) is 11.0. The summed E-state index contributed by atoms with van der Waals surface area (Å²) >= 11 is 0. The van der Waals surface area contributed by atoms with Gasteiger partial charge in [0.05, 0.1) is 0 Å².